The fourth-order valence-corrected chi connectivity index (χ4v) is 4.82. The molecule has 1 unspecified atom stereocenters. The lowest BCUT2D eigenvalue weighted by Gasteiger charge is -2.18. The molecule has 3 N–H and O–H groups in total. The van der Waals surface area contributed by atoms with Gasteiger partial charge in [-0.2, -0.15) is 4.98 Å². The lowest BCUT2D eigenvalue weighted by Crippen LogP contribution is -2.13. The number of fused-ring (bicyclic) bond motifs is 1. The zero-order valence-electron chi connectivity index (χ0n) is 19.9. The van der Waals surface area contributed by atoms with Crippen molar-refractivity contribution in [2.45, 2.75) is 13.2 Å². The highest BCUT2D eigenvalue weighted by Gasteiger charge is 2.16. The van der Waals surface area contributed by atoms with Crippen molar-refractivity contribution >= 4 is 47.2 Å². The smallest absolute Gasteiger partial charge is 0.280 e. The Morgan fingerprint density at radius 3 is 2.76 bits per heavy atom. The van der Waals surface area contributed by atoms with Crippen molar-refractivity contribution in [1.82, 2.24) is 19.5 Å². The molecule has 0 saturated heterocycles. The summed E-state index contributed by atoms with van der Waals surface area (Å²) in [4.78, 5) is 35.2. The van der Waals surface area contributed by atoms with E-state index >= 15 is 0 Å². The molecule has 0 spiro atoms. The van der Waals surface area contributed by atoms with E-state index in [1.54, 1.807) is 35.9 Å². The Bertz CT molecular complexity index is 1410. The van der Waals surface area contributed by atoms with Gasteiger partial charge < -0.3 is 28.8 Å². The van der Waals surface area contributed by atoms with Crippen LogP contribution in [0.4, 0.5) is 5.95 Å². The molecular formula is C24H25BrN5O6P. The van der Waals surface area contributed by atoms with Gasteiger partial charge in [0.15, 0.2) is 25.3 Å². The molecule has 194 valence electrons. The number of methoxy groups -OCH3 is 1. The Hall–Kier alpha value is -3.15. The molecule has 4 aromatic rings. The summed E-state index contributed by atoms with van der Waals surface area (Å²) in [6.45, 7) is 0.794. The third kappa shape index (κ3) is 7.43. The molecule has 0 aliphatic rings. The van der Waals surface area contributed by atoms with Gasteiger partial charge in [0.2, 0.25) is 5.95 Å². The van der Waals surface area contributed by atoms with Gasteiger partial charge in [0.05, 0.1) is 26.7 Å². The van der Waals surface area contributed by atoms with Crippen LogP contribution < -0.4 is 16.0 Å². The number of nitrogen functional groups attached to an aromatic ring is 1. The number of rotatable bonds is 13. The van der Waals surface area contributed by atoms with E-state index in [4.69, 9.17) is 24.3 Å². The van der Waals surface area contributed by atoms with Gasteiger partial charge in [0.1, 0.15) is 18.7 Å². The molecule has 4 rings (SSSR count). The first kappa shape index (κ1) is 26.9. The normalized spacial score (nSPS) is 12.1. The maximum Gasteiger partial charge on any atom is 0.280 e. The van der Waals surface area contributed by atoms with Crippen LogP contribution in [0.15, 0.2) is 64.1 Å². The van der Waals surface area contributed by atoms with Crippen LogP contribution >= 0.6 is 24.3 Å². The number of aromatic nitrogens is 4. The molecule has 0 aliphatic carbocycles. The van der Waals surface area contributed by atoms with Crippen LogP contribution in [0.5, 0.6) is 5.75 Å². The van der Waals surface area contributed by atoms with Crippen LogP contribution in [0.3, 0.4) is 0 Å². The predicted molar refractivity (Wildman–Crippen MR) is 143 cm³/mol. The Labute approximate surface area is 222 Å². The van der Waals surface area contributed by atoms with Gasteiger partial charge in [0.25, 0.3) is 5.56 Å². The number of benzene rings is 2. The van der Waals surface area contributed by atoms with E-state index in [1.807, 2.05) is 24.3 Å². The molecule has 0 amide bonds. The number of anilines is 1. The maximum absolute atomic E-state index is 12.6. The number of aromatic amines is 1. The zero-order chi connectivity index (χ0) is 26.2. The lowest BCUT2D eigenvalue weighted by atomic mass is 10.1. The largest absolute Gasteiger partial charge is 0.497 e. The third-order valence-corrected chi connectivity index (χ3v) is 6.90. The lowest BCUT2D eigenvalue weighted by molar-refractivity contribution is 0.0896. The summed E-state index contributed by atoms with van der Waals surface area (Å²) in [6, 6.07) is 14.5. The molecular weight excluding hydrogens is 565 g/mol. The predicted octanol–water partition coefficient (Wildman–Crippen LogP) is 3.88. The van der Waals surface area contributed by atoms with E-state index in [2.05, 4.69) is 30.9 Å². The molecule has 37 heavy (non-hydrogen) atoms. The number of imidazole rings is 1. The number of nitrogens with two attached hydrogens (primary N) is 1. The molecule has 2 heterocycles. The highest BCUT2D eigenvalue weighted by molar-refractivity contribution is 9.10. The minimum absolute atomic E-state index is 0.0135. The summed E-state index contributed by atoms with van der Waals surface area (Å²) in [6.07, 6.45) is 1.65. The second-order valence-corrected chi connectivity index (χ2v) is 10.1. The van der Waals surface area contributed by atoms with Crippen molar-refractivity contribution in [1.29, 1.82) is 0 Å². The number of hydrogen-bond acceptors (Lipinski definition) is 9. The van der Waals surface area contributed by atoms with Crippen molar-refractivity contribution in [2.75, 3.05) is 32.4 Å². The molecule has 0 fully saturated rings. The summed E-state index contributed by atoms with van der Waals surface area (Å²) in [5.74, 6) is 0.498. The van der Waals surface area contributed by atoms with Crippen LogP contribution in [0.1, 0.15) is 15.9 Å². The third-order valence-electron chi connectivity index (χ3n) is 5.18. The van der Waals surface area contributed by atoms with E-state index in [1.165, 1.54) is 6.33 Å². The van der Waals surface area contributed by atoms with Crippen LogP contribution in [0.25, 0.3) is 11.2 Å². The van der Waals surface area contributed by atoms with E-state index in [-0.39, 0.29) is 36.8 Å². The molecule has 0 saturated carbocycles. The van der Waals surface area contributed by atoms with Gasteiger partial charge in [-0.25, -0.2) is 4.98 Å². The SMILES string of the molecule is COc1ccc(C(=O)COP(COCCn2cnc3c(=O)[nH]c(N)nc32)OCc2cccc(Br)c2)cc1. The van der Waals surface area contributed by atoms with Gasteiger partial charge in [-0.1, -0.05) is 28.1 Å². The fourth-order valence-electron chi connectivity index (χ4n) is 3.31. The Balaban J connectivity index is 1.34. The average Bonchev–Trinajstić information content (AvgIpc) is 3.30. The van der Waals surface area contributed by atoms with E-state index in [0.717, 1.165) is 10.0 Å². The molecule has 1 atom stereocenters. The molecule has 13 heteroatoms. The number of Topliss-reactive ketones (excluding diaryl/α,β-unsaturated/α-hetero) is 1. The molecule has 0 radical (unpaired) electrons. The van der Waals surface area contributed by atoms with Gasteiger partial charge in [-0.3, -0.25) is 14.6 Å². The number of ketones is 1. The summed E-state index contributed by atoms with van der Waals surface area (Å²) in [5.41, 5.74) is 7.28. The van der Waals surface area contributed by atoms with Crippen LogP contribution in [0, 0.1) is 0 Å². The highest BCUT2D eigenvalue weighted by atomic mass is 79.9. The average molecular weight is 590 g/mol. The molecule has 2 aromatic heterocycles. The van der Waals surface area contributed by atoms with Crippen molar-refractivity contribution < 1.29 is 23.3 Å². The minimum Gasteiger partial charge on any atom is -0.497 e. The molecule has 11 nitrogen and oxygen atoms in total. The first-order chi connectivity index (χ1) is 17.9. The Kier molecular flexibility index (Phi) is 9.37. The minimum atomic E-state index is -1.54. The Morgan fingerprint density at radius 2 is 2.00 bits per heavy atom. The fraction of sp³-hybridized carbons (Fsp3) is 0.250. The van der Waals surface area contributed by atoms with Crippen LogP contribution in [-0.4, -0.2) is 52.0 Å². The summed E-state index contributed by atoms with van der Waals surface area (Å²) in [5, 5.41) is 0. The number of halogens is 1. The highest BCUT2D eigenvalue weighted by Crippen LogP contribution is 2.39. The molecule has 0 aliphatic heterocycles. The number of hydrogen-bond donors (Lipinski definition) is 2. The van der Waals surface area contributed by atoms with Crippen LogP contribution in [-0.2, 0) is 26.9 Å². The summed E-state index contributed by atoms with van der Waals surface area (Å²) >= 11 is 3.45. The molecule has 0 bridgehead atoms. The number of ether oxygens (including phenoxy) is 2. The number of nitrogens with zero attached hydrogens (tertiary/aromatic N) is 3. The van der Waals surface area contributed by atoms with Gasteiger partial charge in [0, 0.05) is 16.6 Å². The number of carbonyl (C=O) groups excluding carboxylic acids is 1. The summed E-state index contributed by atoms with van der Waals surface area (Å²) in [7, 11) is 0.0275. The van der Waals surface area contributed by atoms with Crippen molar-refractivity contribution in [3.63, 3.8) is 0 Å². The van der Waals surface area contributed by atoms with Gasteiger partial charge in [-0.05, 0) is 42.0 Å². The zero-order valence-corrected chi connectivity index (χ0v) is 22.4. The Morgan fingerprint density at radius 1 is 1.19 bits per heavy atom. The number of H-pyrrole nitrogens is 1. The topological polar surface area (TPSA) is 144 Å². The number of carbonyl (C=O) groups is 1. The van der Waals surface area contributed by atoms with E-state index < -0.39 is 13.9 Å². The molecule has 2 aromatic carbocycles. The second kappa shape index (κ2) is 12.9. The van der Waals surface area contributed by atoms with E-state index in [0.29, 0.717) is 30.1 Å². The van der Waals surface area contributed by atoms with Gasteiger partial charge in [-0.15, -0.1) is 0 Å². The summed E-state index contributed by atoms with van der Waals surface area (Å²) < 4.78 is 25.4. The second-order valence-electron chi connectivity index (χ2n) is 7.76. The first-order valence-corrected chi connectivity index (χ1v) is 13.3. The quantitative estimate of drug-likeness (QED) is 0.135. The standard InChI is InChI=1S/C24H25BrN5O6P/c1-33-19-7-5-17(6-8-19)20(31)13-36-37(35-12-16-3-2-4-18(25)11-16)15-34-10-9-30-14-27-21-22(30)28-24(26)29-23(21)32/h2-8,11,14H,9-10,12-13,15H2,1H3,(H3,26,28,29,32). The van der Waals surface area contributed by atoms with Crippen LogP contribution in [0.2, 0.25) is 0 Å². The van der Waals surface area contributed by atoms with Crippen molar-refractivity contribution in [3.05, 3.63) is 80.8 Å². The van der Waals surface area contributed by atoms with Gasteiger partial charge >= 0.3 is 0 Å². The van der Waals surface area contributed by atoms with Crippen molar-refractivity contribution in [3.8, 4) is 5.75 Å². The first-order valence-electron chi connectivity index (χ1n) is 11.2. The van der Waals surface area contributed by atoms with Crippen molar-refractivity contribution in [2.24, 2.45) is 0 Å². The number of nitrogens with one attached hydrogen (secondary N) is 1. The van der Waals surface area contributed by atoms with E-state index in [9.17, 15) is 9.59 Å². The monoisotopic (exact) mass is 589 g/mol. The maximum atomic E-state index is 12.6.